The van der Waals surface area contributed by atoms with Crippen molar-refractivity contribution < 1.29 is 10.2 Å². The van der Waals surface area contributed by atoms with Crippen LogP contribution in [0.25, 0.3) is 0 Å². The highest BCUT2D eigenvalue weighted by Crippen LogP contribution is 2.48. The van der Waals surface area contributed by atoms with Crippen molar-refractivity contribution >= 4 is 0 Å². The lowest BCUT2D eigenvalue weighted by Gasteiger charge is -2.20. The average Bonchev–Trinajstić information content (AvgIpc) is 3.15. The summed E-state index contributed by atoms with van der Waals surface area (Å²) in [6.45, 7) is 5.26. The molecule has 0 aromatic rings. The van der Waals surface area contributed by atoms with E-state index in [0.717, 1.165) is 25.7 Å². The highest BCUT2D eigenvalue weighted by atomic mass is 16.3. The normalized spacial score (nSPS) is 28.9. The van der Waals surface area contributed by atoms with Gasteiger partial charge in [-0.25, -0.2) is 0 Å². The highest BCUT2D eigenvalue weighted by molar-refractivity contribution is 5.21. The fourth-order valence-corrected chi connectivity index (χ4v) is 4.66. The van der Waals surface area contributed by atoms with E-state index in [1.54, 1.807) is 5.57 Å². The number of allylic oxidation sites excluding steroid dienone is 2. The Bertz CT molecular complexity index is 583. The van der Waals surface area contributed by atoms with E-state index in [2.05, 4.69) is 43.0 Å². The SMILES string of the molecule is CCC#CC[C@H](C)[C@@H](O)C=C[C@@H]1[C@H]2CC(CCCCCN(C)C)=C[C@H]2C[C@H]1O. The smallest absolute Gasteiger partial charge is 0.0755 e. The number of nitrogens with zero attached hydrogens (tertiary/aromatic N) is 1. The lowest BCUT2D eigenvalue weighted by molar-refractivity contribution is 0.137. The molecule has 0 radical (unpaired) electrons. The summed E-state index contributed by atoms with van der Waals surface area (Å²) >= 11 is 0. The molecule has 1 fully saturated rings. The molecule has 2 aliphatic carbocycles. The molecule has 0 aliphatic heterocycles. The first-order chi connectivity index (χ1) is 13.4. The zero-order chi connectivity index (χ0) is 20.5. The molecule has 2 rings (SSSR count). The van der Waals surface area contributed by atoms with Crippen molar-refractivity contribution in [3.63, 3.8) is 0 Å². The van der Waals surface area contributed by atoms with Crippen molar-refractivity contribution in [3.8, 4) is 11.8 Å². The van der Waals surface area contributed by atoms with Gasteiger partial charge in [-0.05, 0) is 70.5 Å². The second-order valence-electron chi connectivity index (χ2n) is 9.12. The Labute approximate surface area is 172 Å². The number of aliphatic hydroxyl groups is 2. The van der Waals surface area contributed by atoms with Crippen LogP contribution in [0.15, 0.2) is 23.8 Å². The lowest BCUT2D eigenvalue weighted by Crippen LogP contribution is -2.19. The van der Waals surface area contributed by atoms with Crippen LogP contribution in [0.1, 0.15) is 65.2 Å². The topological polar surface area (TPSA) is 43.7 Å². The first kappa shape index (κ1) is 23.2. The largest absolute Gasteiger partial charge is 0.392 e. The van der Waals surface area contributed by atoms with Gasteiger partial charge in [0.1, 0.15) is 0 Å². The summed E-state index contributed by atoms with van der Waals surface area (Å²) in [6, 6.07) is 0. The van der Waals surface area contributed by atoms with Crippen LogP contribution in [0.2, 0.25) is 0 Å². The van der Waals surface area contributed by atoms with Crippen molar-refractivity contribution in [1.29, 1.82) is 0 Å². The Morgan fingerprint density at radius 1 is 1.25 bits per heavy atom. The van der Waals surface area contributed by atoms with E-state index >= 15 is 0 Å². The summed E-state index contributed by atoms with van der Waals surface area (Å²) in [5.74, 6) is 7.54. The van der Waals surface area contributed by atoms with E-state index in [4.69, 9.17) is 0 Å². The predicted octanol–water partition coefficient (Wildman–Crippen LogP) is 4.41. The van der Waals surface area contributed by atoms with Gasteiger partial charge in [0.15, 0.2) is 0 Å². The molecule has 0 amide bonds. The molecule has 2 N–H and O–H groups in total. The molecule has 0 saturated heterocycles. The first-order valence-corrected chi connectivity index (χ1v) is 11.3. The molecule has 3 nitrogen and oxygen atoms in total. The monoisotopic (exact) mass is 387 g/mol. The third-order valence-electron chi connectivity index (χ3n) is 6.39. The average molecular weight is 388 g/mol. The molecule has 0 spiro atoms. The van der Waals surface area contributed by atoms with Crippen molar-refractivity contribution in [3.05, 3.63) is 23.8 Å². The van der Waals surface area contributed by atoms with Gasteiger partial charge in [-0.1, -0.05) is 44.1 Å². The van der Waals surface area contributed by atoms with Crippen LogP contribution in [-0.4, -0.2) is 48.0 Å². The molecular formula is C25H41NO2. The number of hydrogen-bond acceptors (Lipinski definition) is 3. The van der Waals surface area contributed by atoms with E-state index in [0.29, 0.717) is 11.8 Å². The Hall–Kier alpha value is -1.08. The maximum Gasteiger partial charge on any atom is 0.0755 e. The zero-order valence-electron chi connectivity index (χ0n) is 18.4. The van der Waals surface area contributed by atoms with E-state index in [9.17, 15) is 10.2 Å². The van der Waals surface area contributed by atoms with E-state index in [-0.39, 0.29) is 17.9 Å². The second kappa shape index (κ2) is 11.8. The third kappa shape index (κ3) is 7.07. The number of rotatable bonds is 10. The van der Waals surface area contributed by atoms with E-state index in [1.807, 2.05) is 19.9 Å². The van der Waals surface area contributed by atoms with Gasteiger partial charge in [-0.2, -0.15) is 0 Å². The maximum absolute atomic E-state index is 10.5. The lowest BCUT2D eigenvalue weighted by atomic mass is 9.88. The summed E-state index contributed by atoms with van der Waals surface area (Å²) in [5.41, 5.74) is 1.59. The predicted molar refractivity (Wildman–Crippen MR) is 118 cm³/mol. The van der Waals surface area contributed by atoms with Crippen LogP contribution >= 0.6 is 0 Å². The van der Waals surface area contributed by atoms with Gasteiger partial charge in [0, 0.05) is 18.8 Å². The maximum atomic E-state index is 10.5. The quantitative estimate of drug-likeness (QED) is 0.331. The van der Waals surface area contributed by atoms with Crippen molar-refractivity contribution in [2.24, 2.45) is 23.7 Å². The molecule has 1 saturated carbocycles. The van der Waals surface area contributed by atoms with Crippen LogP contribution < -0.4 is 0 Å². The van der Waals surface area contributed by atoms with Gasteiger partial charge in [0.25, 0.3) is 0 Å². The van der Waals surface area contributed by atoms with Crippen LogP contribution in [0.4, 0.5) is 0 Å². The molecule has 0 bridgehead atoms. The van der Waals surface area contributed by atoms with Gasteiger partial charge in [0.2, 0.25) is 0 Å². The summed E-state index contributed by atoms with van der Waals surface area (Å²) < 4.78 is 0. The molecule has 0 unspecified atom stereocenters. The zero-order valence-corrected chi connectivity index (χ0v) is 18.4. The van der Waals surface area contributed by atoms with E-state index in [1.165, 1.54) is 32.2 Å². The van der Waals surface area contributed by atoms with Crippen molar-refractivity contribution in [2.45, 2.75) is 77.4 Å². The summed E-state index contributed by atoms with van der Waals surface area (Å²) in [4.78, 5) is 2.25. The molecule has 0 heterocycles. The number of fused-ring (bicyclic) bond motifs is 1. The van der Waals surface area contributed by atoms with Gasteiger partial charge in [0.05, 0.1) is 12.2 Å². The Kier molecular flexibility index (Phi) is 9.79. The number of unbranched alkanes of at least 4 members (excludes halogenated alkanes) is 2. The minimum atomic E-state index is -0.483. The Morgan fingerprint density at radius 3 is 2.75 bits per heavy atom. The number of aliphatic hydroxyl groups excluding tert-OH is 2. The third-order valence-corrected chi connectivity index (χ3v) is 6.39. The van der Waals surface area contributed by atoms with E-state index < -0.39 is 6.10 Å². The summed E-state index contributed by atoms with van der Waals surface area (Å²) in [5, 5.41) is 20.9. The van der Waals surface area contributed by atoms with Crippen molar-refractivity contribution in [1.82, 2.24) is 4.90 Å². The van der Waals surface area contributed by atoms with Gasteiger partial charge in [-0.15, -0.1) is 11.8 Å². The first-order valence-electron chi connectivity index (χ1n) is 11.3. The standard InChI is InChI=1S/C25H41NO2/c1-5-6-8-11-19(2)24(27)14-13-22-23-17-20(16-21(23)18-25(22)28)12-9-7-10-15-26(3)4/h13-14,16,19,21-25,27-28H,5,7,9-12,15,17-18H2,1-4H3/t19-,21-,22+,23-,24-,25+/m0/s1. The highest BCUT2D eigenvalue weighted by Gasteiger charge is 2.43. The van der Waals surface area contributed by atoms with Gasteiger partial charge in [-0.3, -0.25) is 0 Å². The van der Waals surface area contributed by atoms with Crippen LogP contribution in [0.5, 0.6) is 0 Å². The Morgan fingerprint density at radius 2 is 2.04 bits per heavy atom. The molecule has 28 heavy (non-hydrogen) atoms. The molecule has 0 aromatic carbocycles. The van der Waals surface area contributed by atoms with Crippen LogP contribution in [-0.2, 0) is 0 Å². The van der Waals surface area contributed by atoms with Crippen LogP contribution in [0.3, 0.4) is 0 Å². The molecule has 3 heteroatoms. The summed E-state index contributed by atoms with van der Waals surface area (Å²) in [6.07, 6.45) is 14.3. The fraction of sp³-hybridized carbons (Fsp3) is 0.760. The minimum absolute atomic E-state index is 0.129. The Balaban J connectivity index is 1.80. The minimum Gasteiger partial charge on any atom is -0.392 e. The van der Waals surface area contributed by atoms with Crippen LogP contribution in [0, 0.1) is 35.5 Å². The second-order valence-corrected chi connectivity index (χ2v) is 9.12. The van der Waals surface area contributed by atoms with Crippen molar-refractivity contribution in [2.75, 3.05) is 20.6 Å². The molecule has 6 atom stereocenters. The summed E-state index contributed by atoms with van der Waals surface area (Å²) in [7, 11) is 4.27. The molecule has 0 aromatic heterocycles. The molecular weight excluding hydrogens is 346 g/mol. The number of hydrogen-bond donors (Lipinski definition) is 2. The fourth-order valence-electron chi connectivity index (χ4n) is 4.66. The molecule has 158 valence electrons. The molecule has 2 aliphatic rings. The van der Waals surface area contributed by atoms with Gasteiger partial charge >= 0.3 is 0 Å². The van der Waals surface area contributed by atoms with Gasteiger partial charge < -0.3 is 15.1 Å².